The van der Waals surface area contributed by atoms with E-state index < -0.39 is 24.0 Å². The van der Waals surface area contributed by atoms with Crippen LogP contribution in [0, 0.1) is 23.5 Å². The first-order valence-corrected chi connectivity index (χ1v) is 26.9. The number of benzene rings is 2. The highest BCUT2D eigenvalue weighted by Crippen LogP contribution is 2.46. The van der Waals surface area contributed by atoms with Gasteiger partial charge in [0.2, 0.25) is 0 Å². The van der Waals surface area contributed by atoms with Gasteiger partial charge in [0.1, 0.15) is 23.7 Å². The van der Waals surface area contributed by atoms with Crippen LogP contribution in [0.4, 0.5) is 8.78 Å². The fourth-order valence-corrected chi connectivity index (χ4v) is 11.7. The van der Waals surface area contributed by atoms with E-state index in [2.05, 4.69) is 41.8 Å². The fraction of sp³-hybridized carbons (Fsp3) is 0.440. The van der Waals surface area contributed by atoms with E-state index in [1.54, 1.807) is 52.2 Å². The molecule has 384 valence electrons. The summed E-state index contributed by atoms with van der Waals surface area (Å²) in [6, 6.07) is 7.39. The number of likely N-dealkylation sites (N-methyl/N-ethyl adjacent to an activating group) is 2. The summed E-state index contributed by atoms with van der Waals surface area (Å²) in [6.45, 7) is 11.1. The van der Waals surface area contributed by atoms with Crippen LogP contribution in [0.3, 0.4) is 0 Å². The summed E-state index contributed by atoms with van der Waals surface area (Å²) in [5, 5.41) is 5.23. The Labute approximate surface area is 442 Å². The molecule has 8 rings (SSSR count). The molecule has 0 aliphatic carbocycles. The van der Waals surface area contributed by atoms with Crippen molar-refractivity contribution in [2.75, 3.05) is 79.8 Å². The van der Waals surface area contributed by atoms with E-state index in [0.29, 0.717) is 95.1 Å². The van der Waals surface area contributed by atoms with Crippen molar-refractivity contribution in [3.63, 3.8) is 0 Å². The van der Waals surface area contributed by atoms with Gasteiger partial charge in [-0.25, -0.2) is 28.3 Å². The summed E-state index contributed by atoms with van der Waals surface area (Å²) < 4.78 is 49.9. The fourth-order valence-electron chi connectivity index (χ4n) is 9.29. The molecule has 2 aromatic carbocycles. The number of ether oxygens (including phenoxy) is 4. The number of fused-ring (bicyclic) bond motifs is 2. The van der Waals surface area contributed by atoms with Gasteiger partial charge in [-0.2, -0.15) is 0 Å². The van der Waals surface area contributed by atoms with E-state index in [9.17, 15) is 28.0 Å². The van der Waals surface area contributed by atoms with E-state index in [1.165, 1.54) is 46.9 Å². The summed E-state index contributed by atoms with van der Waals surface area (Å²) in [4.78, 5) is 77.4. The molecule has 0 N–H and O–H groups in total. The van der Waals surface area contributed by atoms with E-state index in [0.717, 1.165) is 21.4 Å². The Bertz CT molecular complexity index is 2560. The Morgan fingerprint density at radius 2 is 1.03 bits per heavy atom. The Morgan fingerprint density at radius 1 is 0.639 bits per heavy atom. The molecular weight excluding hydrogens is 1100 g/mol. The molecule has 4 aliphatic heterocycles. The molecule has 2 saturated heterocycles. The molecule has 0 radical (unpaired) electrons. The third-order valence-corrected chi connectivity index (χ3v) is 14.9. The lowest BCUT2D eigenvalue weighted by Crippen LogP contribution is -2.37. The molecule has 72 heavy (non-hydrogen) atoms. The normalized spacial score (nSPS) is 19.4. The first-order valence-electron chi connectivity index (χ1n) is 23.5. The molecule has 0 unspecified atom stereocenters. The SMILES string of the molecule is CCOC(=O)CN(C)C[C@@H]1CC2=C(C(=O)OCC)[C@H](c3ccc(F)cc3Br)N=C(c3nccs3)N2C1.CCOC(=O)CN(C)C[C@@H]1CC2=C(C(=O)OCC)[C@H](c3ccc(F)cc3Br)N=C(c3nccs3)N2C1. The number of aromatic nitrogens is 2. The van der Waals surface area contributed by atoms with Gasteiger partial charge in [0.05, 0.1) is 50.7 Å². The van der Waals surface area contributed by atoms with Crippen molar-refractivity contribution >= 4 is 90.1 Å². The second-order valence-corrected chi connectivity index (χ2v) is 20.7. The molecule has 22 heteroatoms. The number of rotatable bonds is 18. The van der Waals surface area contributed by atoms with Gasteiger partial charge in [-0.3, -0.25) is 29.4 Å². The van der Waals surface area contributed by atoms with Crippen LogP contribution in [0.5, 0.6) is 0 Å². The number of amidine groups is 2. The highest BCUT2D eigenvalue weighted by atomic mass is 79.9. The monoisotopic (exact) mass is 1160 g/mol. The van der Waals surface area contributed by atoms with Gasteiger partial charge in [0, 0.05) is 69.7 Å². The van der Waals surface area contributed by atoms with Crippen molar-refractivity contribution in [2.24, 2.45) is 21.8 Å². The zero-order valence-electron chi connectivity index (χ0n) is 40.7. The molecule has 6 heterocycles. The van der Waals surface area contributed by atoms with Crippen molar-refractivity contribution in [3.05, 3.63) is 124 Å². The first kappa shape index (κ1) is 54.5. The largest absolute Gasteiger partial charge is 0.465 e. The van der Waals surface area contributed by atoms with E-state index in [1.807, 2.05) is 44.5 Å². The molecule has 2 aromatic heterocycles. The number of carbonyl (C=O) groups is 4. The average molecular weight is 1160 g/mol. The molecule has 16 nitrogen and oxygen atoms in total. The van der Waals surface area contributed by atoms with Gasteiger partial charge in [0.15, 0.2) is 21.7 Å². The Kier molecular flexibility index (Phi) is 19.0. The predicted octanol–water partition coefficient (Wildman–Crippen LogP) is 8.36. The summed E-state index contributed by atoms with van der Waals surface area (Å²) in [7, 11) is 3.76. The van der Waals surface area contributed by atoms with Crippen molar-refractivity contribution in [2.45, 2.75) is 52.6 Å². The van der Waals surface area contributed by atoms with Gasteiger partial charge in [-0.15, -0.1) is 22.7 Å². The molecular formula is C50H56Br2F2N8O8S2. The maximum atomic E-state index is 13.9. The molecule has 0 bridgehead atoms. The lowest BCUT2D eigenvalue weighted by atomic mass is 9.93. The summed E-state index contributed by atoms with van der Waals surface area (Å²) in [6.07, 6.45) is 4.63. The molecule has 0 spiro atoms. The van der Waals surface area contributed by atoms with Gasteiger partial charge < -0.3 is 28.7 Å². The molecule has 4 atom stereocenters. The number of esters is 4. The number of hydrogen-bond donors (Lipinski definition) is 0. The second kappa shape index (κ2) is 25.1. The smallest absolute Gasteiger partial charge is 0.338 e. The number of aliphatic imine (C=N–C) groups is 2. The van der Waals surface area contributed by atoms with Crippen LogP contribution in [0.15, 0.2) is 101 Å². The lowest BCUT2D eigenvalue weighted by molar-refractivity contribution is -0.145. The minimum absolute atomic E-state index is 0.129. The van der Waals surface area contributed by atoms with E-state index in [-0.39, 0.29) is 61.7 Å². The minimum atomic E-state index is -0.680. The molecule has 0 saturated carbocycles. The highest BCUT2D eigenvalue weighted by Gasteiger charge is 2.44. The number of thiazole rings is 2. The number of nitrogens with zero attached hydrogens (tertiary/aromatic N) is 8. The van der Waals surface area contributed by atoms with Crippen molar-refractivity contribution in [1.82, 2.24) is 29.6 Å². The number of allylic oxidation sites excluding steroid dienone is 2. The van der Waals surface area contributed by atoms with Crippen LogP contribution in [0.1, 0.15) is 73.8 Å². The van der Waals surface area contributed by atoms with Crippen LogP contribution < -0.4 is 0 Å². The quantitative estimate of drug-likeness (QED) is 0.0688. The van der Waals surface area contributed by atoms with Gasteiger partial charge >= 0.3 is 23.9 Å². The zero-order valence-corrected chi connectivity index (χ0v) is 45.5. The third-order valence-electron chi connectivity index (χ3n) is 12.0. The number of carbonyl (C=O) groups excluding carboxylic acids is 4. The average Bonchev–Trinajstić information content (AvgIpc) is 4.17. The van der Waals surface area contributed by atoms with Gasteiger partial charge in [0.25, 0.3) is 0 Å². The third kappa shape index (κ3) is 12.9. The molecule has 2 fully saturated rings. The Hall–Kier alpha value is -5.26. The number of hydrogen-bond acceptors (Lipinski definition) is 18. The molecule has 4 aromatic rings. The molecule has 0 amide bonds. The topological polar surface area (TPSA) is 169 Å². The van der Waals surface area contributed by atoms with Crippen molar-refractivity contribution in [3.8, 4) is 0 Å². The number of halogens is 4. The van der Waals surface area contributed by atoms with Crippen molar-refractivity contribution < 1.29 is 46.9 Å². The standard InChI is InChI=1S/2C25H28BrFN4O4S/c2*1-4-34-20(32)14-30(3)12-15-10-19-21(25(33)35-5-2)22(17-7-6-16(27)11-18(17)26)29-23(31(19)13-15)24-28-8-9-36-24/h2*6-9,11,15,22H,4-5,10,12-14H2,1-3H3/t2*15-,22-/m00/s1. The highest BCUT2D eigenvalue weighted by molar-refractivity contribution is 9.10. The Morgan fingerprint density at radius 3 is 1.36 bits per heavy atom. The van der Waals surface area contributed by atoms with Crippen LogP contribution in [-0.4, -0.2) is 145 Å². The van der Waals surface area contributed by atoms with Crippen LogP contribution >= 0.6 is 54.5 Å². The van der Waals surface area contributed by atoms with Crippen LogP contribution in [0.25, 0.3) is 0 Å². The summed E-state index contributed by atoms with van der Waals surface area (Å²) in [5.74, 6) is -0.598. The maximum absolute atomic E-state index is 13.9. The predicted molar refractivity (Wildman–Crippen MR) is 276 cm³/mol. The zero-order chi connectivity index (χ0) is 51.6. The summed E-state index contributed by atoms with van der Waals surface area (Å²) in [5.41, 5.74) is 3.88. The van der Waals surface area contributed by atoms with Gasteiger partial charge in [-0.1, -0.05) is 44.0 Å². The second-order valence-electron chi connectivity index (χ2n) is 17.2. The van der Waals surface area contributed by atoms with Gasteiger partial charge in [-0.05, 0) is 102 Å². The Balaban J connectivity index is 0.000000211. The van der Waals surface area contributed by atoms with Crippen molar-refractivity contribution in [1.29, 1.82) is 0 Å². The molecule has 4 aliphatic rings. The summed E-state index contributed by atoms with van der Waals surface area (Å²) >= 11 is 9.85. The minimum Gasteiger partial charge on any atom is -0.465 e. The van der Waals surface area contributed by atoms with E-state index >= 15 is 0 Å². The van der Waals surface area contributed by atoms with E-state index in [4.69, 9.17) is 28.9 Å². The van der Waals surface area contributed by atoms with Crippen LogP contribution in [0.2, 0.25) is 0 Å². The first-order chi connectivity index (χ1) is 34.6. The van der Waals surface area contributed by atoms with Crippen LogP contribution in [-0.2, 0) is 38.1 Å². The maximum Gasteiger partial charge on any atom is 0.338 e. The lowest BCUT2D eigenvalue weighted by Gasteiger charge is -2.32.